The number of aromatic hydroxyl groups is 1. The Morgan fingerprint density at radius 1 is 1.56 bits per heavy atom. The van der Waals surface area contributed by atoms with Crippen molar-refractivity contribution in [1.82, 2.24) is 0 Å². The van der Waals surface area contributed by atoms with E-state index in [2.05, 4.69) is 0 Å². The molecule has 0 saturated heterocycles. The number of carbonyl (C=O) groups excluding carboxylic acids is 1. The molecule has 86 valence electrons. The van der Waals surface area contributed by atoms with Crippen molar-refractivity contribution in [2.75, 3.05) is 0 Å². The Morgan fingerprint density at radius 3 is 2.81 bits per heavy atom. The van der Waals surface area contributed by atoms with Gasteiger partial charge in [-0.2, -0.15) is 0 Å². The maximum Gasteiger partial charge on any atom is 0.146 e. The largest absolute Gasteiger partial charge is 0.507 e. The zero-order valence-corrected chi connectivity index (χ0v) is 9.60. The Morgan fingerprint density at radius 2 is 2.25 bits per heavy atom. The summed E-state index contributed by atoms with van der Waals surface area (Å²) in [6, 6.07) is 4.78. The van der Waals surface area contributed by atoms with E-state index in [1.807, 2.05) is 25.1 Å². The summed E-state index contributed by atoms with van der Waals surface area (Å²) < 4.78 is 0. The monoisotopic (exact) mass is 219 g/mol. The van der Waals surface area contributed by atoms with Gasteiger partial charge >= 0.3 is 0 Å². The van der Waals surface area contributed by atoms with Crippen LogP contribution in [0.4, 0.5) is 0 Å². The number of rotatable bonds is 4. The lowest BCUT2D eigenvalue weighted by Crippen LogP contribution is -2.30. The highest BCUT2D eigenvalue weighted by atomic mass is 16.3. The molecular weight excluding hydrogens is 202 g/mol. The van der Waals surface area contributed by atoms with Gasteiger partial charge in [0, 0.05) is 5.56 Å². The van der Waals surface area contributed by atoms with Crippen molar-refractivity contribution in [3.63, 3.8) is 0 Å². The third-order valence-corrected chi connectivity index (χ3v) is 2.42. The van der Waals surface area contributed by atoms with Crippen molar-refractivity contribution in [1.29, 1.82) is 0 Å². The average molecular weight is 219 g/mol. The van der Waals surface area contributed by atoms with Gasteiger partial charge in [0.2, 0.25) is 0 Å². The van der Waals surface area contributed by atoms with E-state index >= 15 is 0 Å². The van der Waals surface area contributed by atoms with E-state index in [0.717, 1.165) is 11.1 Å². The summed E-state index contributed by atoms with van der Waals surface area (Å²) in [6.07, 6.45) is 4.17. The summed E-state index contributed by atoms with van der Waals surface area (Å²) in [4.78, 5) is 11.0. The van der Waals surface area contributed by atoms with Crippen LogP contribution in [0.25, 0.3) is 6.08 Å². The van der Waals surface area contributed by atoms with E-state index < -0.39 is 6.04 Å². The zero-order chi connectivity index (χ0) is 12.1. The second-order valence-corrected chi connectivity index (χ2v) is 3.81. The standard InChI is InChI=1S/C13H17NO2/c1-3-4-11-7-10(5-6-13(11)16)8-12(14)9(2)15/h3-7,12,16H,8,14H2,1-2H3/b4-3+/t12-/m0/s1. The molecule has 3 nitrogen and oxygen atoms in total. The van der Waals surface area contributed by atoms with Crippen molar-refractivity contribution in [2.45, 2.75) is 26.3 Å². The topological polar surface area (TPSA) is 63.3 Å². The van der Waals surface area contributed by atoms with Crippen molar-refractivity contribution >= 4 is 11.9 Å². The fourth-order valence-electron chi connectivity index (χ4n) is 1.44. The van der Waals surface area contributed by atoms with Crippen molar-refractivity contribution < 1.29 is 9.90 Å². The van der Waals surface area contributed by atoms with Gasteiger partial charge in [0.1, 0.15) is 11.5 Å². The molecule has 1 aromatic rings. The van der Waals surface area contributed by atoms with Gasteiger partial charge < -0.3 is 10.8 Å². The van der Waals surface area contributed by atoms with E-state index in [1.165, 1.54) is 6.92 Å². The molecule has 0 heterocycles. The van der Waals surface area contributed by atoms with Gasteiger partial charge in [-0.1, -0.05) is 18.2 Å². The molecule has 0 aliphatic heterocycles. The molecule has 0 fully saturated rings. The number of carbonyl (C=O) groups is 1. The van der Waals surface area contributed by atoms with Crippen LogP contribution >= 0.6 is 0 Å². The number of Topliss-reactive ketones (excluding diaryl/α,β-unsaturated/α-hetero) is 1. The van der Waals surface area contributed by atoms with Crippen LogP contribution in [-0.2, 0) is 11.2 Å². The van der Waals surface area contributed by atoms with E-state index in [9.17, 15) is 9.90 Å². The smallest absolute Gasteiger partial charge is 0.146 e. The van der Waals surface area contributed by atoms with Crippen LogP contribution in [0.3, 0.4) is 0 Å². The van der Waals surface area contributed by atoms with Crippen LogP contribution in [0.15, 0.2) is 24.3 Å². The number of benzene rings is 1. The first-order chi connectivity index (χ1) is 7.54. The lowest BCUT2D eigenvalue weighted by atomic mass is 10.0. The van der Waals surface area contributed by atoms with Crippen LogP contribution in [-0.4, -0.2) is 16.9 Å². The highest BCUT2D eigenvalue weighted by molar-refractivity contribution is 5.81. The Hall–Kier alpha value is -1.61. The Balaban J connectivity index is 2.90. The first-order valence-corrected chi connectivity index (χ1v) is 5.25. The second-order valence-electron chi connectivity index (χ2n) is 3.81. The number of phenols is 1. The maximum absolute atomic E-state index is 11.0. The minimum atomic E-state index is -0.469. The third-order valence-electron chi connectivity index (χ3n) is 2.42. The lowest BCUT2D eigenvalue weighted by molar-refractivity contribution is -0.118. The van der Waals surface area contributed by atoms with Gasteiger partial charge in [0.25, 0.3) is 0 Å². The van der Waals surface area contributed by atoms with Gasteiger partial charge in [-0.3, -0.25) is 4.79 Å². The van der Waals surface area contributed by atoms with Crippen molar-refractivity contribution in [2.24, 2.45) is 5.73 Å². The van der Waals surface area contributed by atoms with Gasteiger partial charge in [0.15, 0.2) is 0 Å². The SMILES string of the molecule is C/C=C/c1cc(C[C@H](N)C(C)=O)ccc1O. The highest BCUT2D eigenvalue weighted by Crippen LogP contribution is 2.20. The highest BCUT2D eigenvalue weighted by Gasteiger charge is 2.09. The molecule has 0 aliphatic carbocycles. The molecule has 0 saturated carbocycles. The van der Waals surface area contributed by atoms with Crippen LogP contribution in [0.2, 0.25) is 0 Å². The number of hydrogen-bond acceptors (Lipinski definition) is 3. The van der Waals surface area contributed by atoms with Crippen LogP contribution < -0.4 is 5.73 Å². The van der Waals surface area contributed by atoms with Crippen molar-refractivity contribution in [3.05, 3.63) is 35.4 Å². The van der Waals surface area contributed by atoms with Crippen LogP contribution in [0.1, 0.15) is 25.0 Å². The molecule has 0 amide bonds. The fraction of sp³-hybridized carbons (Fsp3) is 0.308. The third kappa shape index (κ3) is 3.21. The molecule has 1 aromatic carbocycles. The summed E-state index contributed by atoms with van der Waals surface area (Å²) >= 11 is 0. The summed E-state index contributed by atoms with van der Waals surface area (Å²) in [6.45, 7) is 3.37. The minimum Gasteiger partial charge on any atom is -0.507 e. The number of hydrogen-bond donors (Lipinski definition) is 2. The molecule has 0 unspecified atom stereocenters. The Labute approximate surface area is 95.6 Å². The molecule has 3 heteroatoms. The van der Waals surface area contributed by atoms with E-state index in [4.69, 9.17) is 5.73 Å². The first kappa shape index (κ1) is 12.5. The molecule has 0 radical (unpaired) electrons. The molecule has 0 aromatic heterocycles. The number of phenolic OH excluding ortho intramolecular Hbond substituents is 1. The van der Waals surface area contributed by atoms with Crippen LogP contribution in [0, 0.1) is 0 Å². The molecule has 1 atom stereocenters. The molecule has 16 heavy (non-hydrogen) atoms. The molecule has 1 rings (SSSR count). The molecule has 0 bridgehead atoms. The summed E-state index contributed by atoms with van der Waals surface area (Å²) in [7, 11) is 0. The Kier molecular flexibility index (Phi) is 4.26. The first-order valence-electron chi connectivity index (χ1n) is 5.25. The van der Waals surface area contributed by atoms with E-state index in [0.29, 0.717) is 6.42 Å². The van der Waals surface area contributed by atoms with Crippen molar-refractivity contribution in [3.8, 4) is 5.75 Å². The van der Waals surface area contributed by atoms with Gasteiger partial charge in [-0.05, 0) is 38.0 Å². The van der Waals surface area contributed by atoms with E-state index in [-0.39, 0.29) is 11.5 Å². The Bertz CT molecular complexity index is 410. The molecule has 0 spiro atoms. The second kappa shape index (κ2) is 5.47. The number of allylic oxidation sites excluding steroid dienone is 1. The predicted octanol–water partition coefficient (Wildman–Crippen LogP) is 1.88. The van der Waals surface area contributed by atoms with E-state index in [1.54, 1.807) is 12.1 Å². The van der Waals surface area contributed by atoms with Gasteiger partial charge in [-0.15, -0.1) is 0 Å². The number of ketones is 1. The molecule has 3 N–H and O–H groups in total. The van der Waals surface area contributed by atoms with Crippen LogP contribution in [0.5, 0.6) is 5.75 Å². The normalized spacial score (nSPS) is 12.9. The molecule has 0 aliphatic rings. The minimum absolute atomic E-state index is 0.0272. The molecular formula is C13H17NO2. The maximum atomic E-state index is 11.0. The summed E-state index contributed by atoms with van der Waals surface area (Å²) in [5.41, 5.74) is 7.38. The average Bonchev–Trinajstić information content (AvgIpc) is 2.23. The lowest BCUT2D eigenvalue weighted by Gasteiger charge is -2.09. The van der Waals surface area contributed by atoms with Gasteiger partial charge in [0.05, 0.1) is 6.04 Å². The zero-order valence-electron chi connectivity index (χ0n) is 9.60. The summed E-state index contributed by atoms with van der Waals surface area (Å²) in [5, 5.41) is 9.56. The quantitative estimate of drug-likeness (QED) is 0.812. The van der Waals surface area contributed by atoms with Gasteiger partial charge in [-0.25, -0.2) is 0 Å². The number of nitrogens with two attached hydrogens (primary N) is 1. The summed E-state index contributed by atoms with van der Waals surface area (Å²) in [5.74, 6) is 0.207. The fourth-order valence-corrected chi connectivity index (χ4v) is 1.44. The predicted molar refractivity (Wildman–Crippen MR) is 65.2 cm³/mol.